The van der Waals surface area contributed by atoms with E-state index < -0.39 is 0 Å². The maximum Gasteiger partial charge on any atom is 0.0686 e. The molecule has 0 aromatic carbocycles. The topological polar surface area (TPSA) is 16.1 Å². The van der Waals surface area contributed by atoms with Crippen molar-refractivity contribution in [3.63, 3.8) is 0 Å². The molecule has 0 N–H and O–H groups in total. The molecular formula is C9H10Br2N2. The lowest BCUT2D eigenvalue weighted by Crippen LogP contribution is -2.45. The third-order valence-corrected chi connectivity index (χ3v) is 3.37. The molecule has 2 nitrogen and oxygen atoms in total. The molecule has 1 aliphatic heterocycles. The zero-order valence-electron chi connectivity index (χ0n) is 7.30. The summed E-state index contributed by atoms with van der Waals surface area (Å²) < 4.78 is 2.13. The summed E-state index contributed by atoms with van der Waals surface area (Å²) in [7, 11) is 0. The first kappa shape index (κ1) is 9.46. The highest BCUT2D eigenvalue weighted by molar-refractivity contribution is 9.11. The Morgan fingerprint density at radius 1 is 1.31 bits per heavy atom. The van der Waals surface area contributed by atoms with Gasteiger partial charge in [0.05, 0.1) is 14.6 Å². The van der Waals surface area contributed by atoms with Crippen molar-refractivity contribution in [2.45, 2.75) is 6.92 Å². The van der Waals surface area contributed by atoms with Gasteiger partial charge in [-0.05, 0) is 37.8 Å². The summed E-state index contributed by atoms with van der Waals surface area (Å²) in [6.45, 7) is 4.54. The maximum absolute atomic E-state index is 4.08. The van der Waals surface area contributed by atoms with Gasteiger partial charge in [0, 0.05) is 25.5 Å². The number of hydrogen-bond donors (Lipinski definition) is 0. The normalized spacial score (nSPS) is 17.3. The molecular weight excluding hydrogens is 296 g/mol. The number of anilines is 1. The van der Waals surface area contributed by atoms with E-state index in [1.165, 1.54) is 5.69 Å². The molecule has 1 aromatic rings. The molecule has 1 saturated heterocycles. The van der Waals surface area contributed by atoms with Gasteiger partial charge in [0.1, 0.15) is 0 Å². The first-order valence-corrected chi connectivity index (χ1v) is 5.81. The van der Waals surface area contributed by atoms with Crippen LogP contribution in [0.2, 0.25) is 0 Å². The van der Waals surface area contributed by atoms with Crippen molar-refractivity contribution in [3.05, 3.63) is 21.3 Å². The largest absolute Gasteiger partial charge is 0.369 e. The third-order valence-electron chi connectivity index (χ3n) is 2.21. The van der Waals surface area contributed by atoms with Crippen molar-refractivity contribution in [1.82, 2.24) is 4.98 Å². The molecule has 1 aromatic heterocycles. The number of aromatic nitrogens is 1. The molecule has 0 radical (unpaired) electrons. The molecule has 2 heterocycles. The fraction of sp³-hybridized carbons (Fsp3) is 0.444. The highest BCUT2D eigenvalue weighted by Crippen LogP contribution is 2.36. The minimum atomic E-state index is 0.812. The SMILES string of the molecule is CC1CN(c2c(Br)cncc2Br)C1. The average Bonchev–Trinajstić information content (AvgIpc) is 2.00. The Hall–Kier alpha value is -0.0900. The van der Waals surface area contributed by atoms with E-state index >= 15 is 0 Å². The van der Waals surface area contributed by atoms with E-state index in [0.717, 1.165) is 28.0 Å². The summed E-state index contributed by atoms with van der Waals surface area (Å²) in [5, 5.41) is 0. The second kappa shape index (κ2) is 3.58. The van der Waals surface area contributed by atoms with Crippen molar-refractivity contribution in [2.75, 3.05) is 18.0 Å². The van der Waals surface area contributed by atoms with Crippen LogP contribution in [0.3, 0.4) is 0 Å². The van der Waals surface area contributed by atoms with Crippen LogP contribution in [0.4, 0.5) is 5.69 Å². The fourth-order valence-electron chi connectivity index (χ4n) is 1.59. The highest BCUT2D eigenvalue weighted by atomic mass is 79.9. The molecule has 0 unspecified atom stereocenters. The molecule has 70 valence electrons. The van der Waals surface area contributed by atoms with Gasteiger partial charge in [-0.15, -0.1) is 0 Å². The molecule has 13 heavy (non-hydrogen) atoms. The zero-order valence-corrected chi connectivity index (χ0v) is 10.5. The van der Waals surface area contributed by atoms with Crippen LogP contribution >= 0.6 is 31.9 Å². The smallest absolute Gasteiger partial charge is 0.0686 e. The maximum atomic E-state index is 4.08. The summed E-state index contributed by atoms with van der Waals surface area (Å²) >= 11 is 7.02. The Bertz CT molecular complexity index is 301. The quantitative estimate of drug-likeness (QED) is 0.793. The summed E-state index contributed by atoms with van der Waals surface area (Å²) in [5.41, 5.74) is 1.23. The van der Waals surface area contributed by atoms with Crippen molar-refractivity contribution in [1.29, 1.82) is 0 Å². The van der Waals surface area contributed by atoms with Crippen LogP contribution in [0.15, 0.2) is 21.3 Å². The summed E-state index contributed by atoms with van der Waals surface area (Å²) in [6, 6.07) is 0. The van der Waals surface area contributed by atoms with Crippen LogP contribution in [0, 0.1) is 5.92 Å². The number of nitrogens with zero attached hydrogens (tertiary/aromatic N) is 2. The Balaban J connectivity index is 2.29. The summed E-state index contributed by atoms with van der Waals surface area (Å²) in [6.07, 6.45) is 3.67. The van der Waals surface area contributed by atoms with E-state index in [-0.39, 0.29) is 0 Å². The minimum Gasteiger partial charge on any atom is -0.369 e. The van der Waals surface area contributed by atoms with Gasteiger partial charge in [0.15, 0.2) is 0 Å². The van der Waals surface area contributed by atoms with E-state index in [0.29, 0.717) is 0 Å². The lowest BCUT2D eigenvalue weighted by Gasteiger charge is -2.40. The van der Waals surface area contributed by atoms with Gasteiger partial charge < -0.3 is 4.90 Å². The zero-order chi connectivity index (χ0) is 9.42. The van der Waals surface area contributed by atoms with Gasteiger partial charge in [0.2, 0.25) is 0 Å². The molecule has 0 saturated carbocycles. The molecule has 0 bridgehead atoms. The van der Waals surface area contributed by atoms with Crippen LogP contribution in [0.1, 0.15) is 6.92 Å². The van der Waals surface area contributed by atoms with Crippen molar-refractivity contribution >= 4 is 37.5 Å². The molecule has 0 aliphatic carbocycles. The van der Waals surface area contributed by atoms with Crippen LogP contribution in [-0.4, -0.2) is 18.1 Å². The number of hydrogen-bond acceptors (Lipinski definition) is 2. The van der Waals surface area contributed by atoms with Gasteiger partial charge >= 0.3 is 0 Å². The Morgan fingerprint density at radius 2 is 1.85 bits per heavy atom. The number of pyridine rings is 1. The van der Waals surface area contributed by atoms with Crippen LogP contribution in [0.25, 0.3) is 0 Å². The van der Waals surface area contributed by atoms with E-state index in [4.69, 9.17) is 0 Å². The molecule has 1 aliphatic rings. The Kier molecular flexibility index (Phi) is 2.60. The summed E-state index contributed by atoms with van der Waals surface area (Å²) in [4.78, 5) is 6.43. The third kappa shape index (κ3) is 1.74. The van der Waals surface area contributed by atoms with Crippen molar-refractivity contribution < 1.29 is 0 Å². The standard InChI is InChI=1S/C9H10Br2N2/c1-6-4-13(5-6)9-7(10)2-12-3-8(9)11/h2-3,6H,4-5H2,1H3. The van der Waals surface area contributed by atoms with Gasteiger partial charge in [-0.1, -0.05) is 6.92 Å². The monoisotopic (exact) mass is 304 g/mol. The first-order chi connectivity index (χ1) is 6.18. The number of rotatable bonds is 1. The van der Waals surface area contributed by atoms with Gasteiger partial charge in [-0.25, -0.2) is 0 Å². The van der Waals surface area contributed by atoms with Crippen molar-refractivity contribution in [2.24, 2.45) is 5.92 Å². The van der Waals surface area contributed by atoms with E-state index in [2.05, 4.69) is 48.7 Å². The summed E-state index contributed by atoms with van der Waals surface area (Å²) in [5.74, 6) is 0.812. The van der Waals surface area contributed by atoms with Crippen LogP contribution < -0.4 is 4.90 Å². The van der Waals surface area contributed by atoms with E-state index in [1.54, 1.807) is 0 Å². The van der Waals surface area contributed by atoms with E-state index in [1.807, 2.05) is 12.4 Å². The van der Waals surface area contributed by atoms with Crippen LogP contribution in [0.5, 0.6) is 0 Å². The predicted octanol–water partition coefficient (Wildman–Crippen LogP) is 3.06. The molecule has 0 spiro atoms. The van der Waals surface area contributed by atoms with E-state index in [9.17, 15) is 0 Å². The highest BCUT2D eigenvalue weighted by Gasteiger charge is 2.25. The molecule has 2 rings (SSSR count). The lowest BCUT2D eigenvalue weighted by molar-refractivity contribution is 0.446. The predicted molar refractivity (Wildman–Crippen MR) is 61.0 cm³/mol. The average molecular weight is 306 g/mol. The Morgan fingerprint density at radius 3 is 2.31 bits per heavy atom. The van der Waals surface area contributed by atoms with Gasteiger partial charge in [-0.3, -0.25) is 4.98 Å². The van der Waals surface area contributed by atoms with Crippen LogP contribution in [-0.2, 0) is 0 Å². The van der Waals surface area contributed by atoms with Gasteiger partial charge in [0.25, 0.3) is 0 Å². The molecule has 0 atom stereocenters. The second-order valence-electron chi connectivity index (χ2n) is 3.46. The Labute approximate surface area is 94.6 Å². The fourth-order valence-corrected chi connectivity index (χ4v) is 3.02. The molecule has 4 heteroatoms. The number of halogens is 2. The second-order valence-corrected chi connectivity index (χ2v) is 5.17. The van der Waals surface area contributed by atoms with Crippen molar-refractivity contribution in [3.8, 4) is 0 Å². The first-order valence-electron chi connectivity index (χ1n) is 4.22. The molecule has 1 fully saturated rings. The minimum absolute atomic E-state index is 0.812. The molecule has 0 amide bonds. The van der Waals surface area contributed by atoms with Gasteiger partial charge in [-0.2, -0.15) is 0 Å². The lowest BCUT2D eigenvalue weighted by atomic mass is 10.0.